The highest BCUT2D eigenvalue weighted by atomic mass is 32.1. The molecule has 2 aromatic rings. The fraction of sp³-hybridized carbons (Fsp3) is 0.412. The SMILES string of the molecule is COc1cccc2c1CCCCN2C(=O)Cc1csc(C)n1. The summed E-state index contributed by atoms with van der Waals surface area (Å²) in [7, 11) is 1.69. The van der Waals surface area contributed by atoms with Gasteiger partial charge >= 0.3 is 0 Å². The van der Waals surface area contributed by atoms with Crippen LogP contribution in [0.25, 0.3) is 0 Å². The first-order valence-electron chi connectivity index (χ1n) is 7.56. The number of benzene rings is 1. The molecule has 0 fully saturated rings. The van der Waals surface area contributed by atoms with Gasteiger partial charge in [-0.2, -0.15) is 0 Å². The van der Waals surface area contributed by atoms with Gasteiger partial charge in [0.1, 0.15) is 5.75 Å². The molecule has 5 heteroatoms. The number of nitrogens with zero attached hydrogens (tertiary/aromatic N) is 2. The number of carbonyl (C=O) groups is 1. The number of rotatable bonds is 3. The van der Waals surface area contributed by atoms with Crippen LogP contribution in [0.5, 0.6) is 5.75 Å². The summed E-state index contributed by atoms with van der Waals surface area (Å²) in [6.07, 6.45) is 3.41. The Bertz CT molecular complexity index is 681. The Hall–Kier alpha value is -1.88. The lowest BCUT2D eigenvalue weighted by Crippen LogP contribution is -2.33. The Kier molecular flexibility index (Phi) is 4.43. The zero-order valence-corrected chi connectivity index (χ0v) is 13.8. The summed E-state index contributed by atoms with van der Waals surface area (Å²) in [6, 6.07) is 5.94. The Morgan fingerprint density at radius 2 is 2.27 bits per heavy atom. The van der Waals surface area contributed by atoms with Crippen LogP contribution in [0, 0.1) is 6.92 Å². The zero-order valence-electron chi connectivity index (χ0n) is 13.0. The molecule has 0 saturated carbocycles. The lowest BCUT2D eigenvalue weighted by Gasteiger charge is -2.23. The molecule has 2 heterocycles. The fourth-order valence-electron chi connectivity index (χ4n) is 2.94. The second kappa shape index (κ2) is 6.48. The molecule has 0 radical (unpaired) electrons. The van der Waals surface area contributed by atoms with Crippen LogP contribution in [-0.2, 0) is 17.6 Å². The van der Waals surface area contributed by atoms with Gasteiger partial charge in [-0.05, 0) is 38.3 Å². The Balaban J connectivity index is 1.89. The molecule has 1 aromatic carbocycles. The first kappa shape index (κ1) is 15.0. The maximum Gasteiger partial charge on any atom is 0.233 e. The van der Waals surface area contributed by atoms with Crippen LogP contribution in [0.15, 0.2) is 23.6 Å². The Morgan fingerprint density at radius 1 is 1.41 bits per heavy atom. The van der Waals surface area contributed by atoms with E-state index in [0.717, 1.165) is 53.5 Å². The van der Waals surface area contributed by atoms with Gasteiger partial charge < -0.3 is 9.64 Å². The summed E-state index contributed by atoms with van der Waals surface area (Å²) < 4.78 is 5.47. The fourth-order valence-corrected chi connectivity index (χ4v) is 3.55. The number of thiazole rings is 1. The minimum Gasteiger partial charge on any atom is -0.496 e. The van der Waals surface area contributed by atoms with Crippen molar-refractivity contribution in [2.75, 3.05) is 18.6 Å². The first-order valence-corrected chi connectivity index (χ1v) is 8.44. The number of aryl methyl sites for hydroxylation is 1. The van der Waals surface area contributed by atoms with Crippen molar-refractivity contribution in [1.82, 2.24) is 4.98 Å². The molecule has 0 N–H and O–H groups in total. The summed E-state index contributed by atoms with van der Waals surface area (Å²) in [4.78, 5) is 19.0. The van der Waals surface area contributed by atoms with E-state index >= 15 is 0 Å². The molecule has 1 aliphatic heterocycles. The quantitative estimate of drug-likeness (QED) is 0.872. The smallest absolute Gasteiger partial charge is 0.233 e. The molecule has 0 unspecified atom stereocenters. The number of ether oxygens (including phenoxy) is 1. The van der Waals surface area contributed by atoms with Crippen molar-refractivity contribution >= 4 is 22.9 Å². The van der Waals surface area contributed by atoms with Gasteiger partial charge in [0.05, 0.1) is 29.9 Å². The van der Waals surface area contributed by atoms with Crippen LogP contribution in [0.1, 0.15) is 29.1 Å². The lowest BCUT2D eigenvalue weighted by molar-refractivity contribution is -0.118. The van der Waals surface area contributed by atoms with Crippen LogP contribution in [0.2, 0.25) is 0 Å². The van der Waals surface area contributed by atoms with Crippen LogP contribution < -0.4 is 9.64 Å². The van der Waals surface area contributed by atoms with E-state index in [4.69, 9.17) is 4.74 Å². The van der Waals surface area contributed by atoms with Gasteiger partial charge in [-0.3, -0.25) is 4.79 Å². The van der Waals surface area contributed by atoms with Crippen LogP contribution in [0.3, 0.4) is 0 Å². The third kappa shape index (κ3) is 2.99. The van der Waals surface area contributed by atoms with Gasteiger partial charge in [-0.15, -0.1) is 11.3 Å². The molecule has 1 aromatic heterocycles. The highest BCUT2D eigenvalue weighted by molar-refractivity contribution is 7.09. The molecule has 116 valence electrons. The largest absolute Gasteiger partial charge is 0.496 e. The number of hydrogen-bond donors (Lipinski definition) is 0. The van der Waals surface area contributed by atoms with E-state index in [1.807, 2.05) is 35.4 Å². The standard InChI is InChI=1S/C17H20N2O2S/c1-12-18-13(11-22-12)10-17(20)19-9-4-3-6-14-15(19)7-5-8-16(14)21-2/h5,7-8,11H,3-4,6,9-10H2,1-2H3. The molecular weight excluding hydrogens is 296 g/mol. The van der Waals surface area contributed by atoms with Crippen molar-refractivity contribution in [3.8, 4) is 5.75 Å². The molecule has 4 nitrogen and oxygen atoms in total. The summed E-state index contributed by atoms with van der Waals surface area (Å²) >= 11 is 1.59. The second-order valence-electron chi connectivity index (χ2n) is 5.50. The average Bonchev–Trinajstić information content (AvgIpc) is 2.80. The van der Waals surface area contributed by atoms with E-state index in [0.29, 0.717) is 6.42 Å². The van der Waals surface area contributed by atoms with E-state index in [1.165, 1.54) is 0 Å². The van der Waals surface area contributed by atoms with E-state index in [9.17, 15) is 4.79 Å². The van der Waals surface area contributed by atoms with Crippen molar-refractivity contribution in [1.29, 1.82) is 0 Å². The van der Waals surface area contributed by atoms with Crippen molar-refractivity contribution in [2.24, 2.45) is 0 Å². The number of amides is 1. The minimum atomic E-state index is 0.113. The molecular formula is C17H20N2O2S. The van der Waals surface area contributed by atoms with Crippen molar-refractivity contribution in [3.63, 3.8) is 0 Å². The summed E-state index contributed by atoms with van der Waals surface area (Å²) in [5.74, 6) is 0.989. The molecule has 22 heavy (non-hydrogen) atoms. The molecule has 1 amide bonds. The van der Waals surface area contributed by atoms with Gasteiger partial charge in [0, 0.05) is 17.5 Å². The van der Waals surface area contributed by atoms with Crippen LogP contribution in [0.4, 0.5) is 5.69 Å². The number of carbonyl (C=O) groups excluding carboxylic acids is 1. The predicted molar refractivity (Wildman–Crippen MR) is 88.8 cm³/mol. The van der Waals surface area contributed by atoms with Crippen molar-refractivity contribution < 1.29 is 9.53 Å². The number of fused-ring (bicyclic) bond motifs is 1. The number of hydrogen-bond acceptors (Lipinski definition) is 4. The molecule has 1 aliphatic rings. The van der Waals surface area contributed by atoms with Crippen LogP contribution >= 0.6 is 11.3 Å². The average molecular weight is 316 g/mol. The summed E-state index contributed by atoms with van der Waals surface area (Å²) in [6.45, 7) is 2.73. The van der Waals surface area contributed by atoms with Gasteiger partial charge in [-0.25, -0.2) is 4.98 Å². The minimum absolute atomic E-state index is 0.113. The topological polar surface area (TPSA) is 42.4 Å². The van der Waals surface area contributed by atoms with Gasteiger partial charge in [0.2, 0.25) is 5.91 Å². The van der Waals surface area contributed by atoms with E-state index in [2.05, 4.69) is 4.98 Å². The molecule has 0 bridgehead atoms. The third-order valence-corrected chi connectivity index (χ3v) is 4.80. The van der Waals surface area contributed by atoms with Crippen molar-refractivity contribution in [2.45, 2.75) is 32.6 Å². The molecule has 3 rings (SSSR count). The third-order valence-electron chi connectivity index (χ3n) is 3.98. The number of aromatic nitrogens is 1. The second-order valence-corrected chi connectivity index (χ2v) is 6.56. The molecule has 0 atom stereocenters. The highest BCUT2D eigenvalue weighted by Crippen LogP contribution is 2.33. The summed E-state index contributed by atoms with van der Waals surface area (Å²) in [5, 5.41) is 2.97. The first-order chi connectivity index (χ1) is 10.7. The lowest BCUT2D eigenvalue weighted by atomic mass is 10.1. The van der Waals surface area contributed by atoms with Gasteiger partial charge in [0.25, 0.3) is 0 Å². The number of anilines is 1. The Morgan fingerprint density at radius 3 is 3.00 bits per heavy atom. The van der Waals surface area contributed by atoms with Gasteiger partial charge in [0.15, 0.2) is 0 Å². The van der Waals surface area contributed by atoms with Crippen LogP contribution in [-0.4, -0.2) is 24.5 Å². The molecule has 0 saturated heterocycles. The summed E-state index contributed by atoms with van der Waals surface area (Å²) in [5.41, 5.74) is 3.00. The van der Waals surface area contributed by atoms with Crippen molar-refractivity contribution in [3.05, 3.63) is 39.8 Å². The van der Waals surface area contributed by atoms with E-state index < -0.39 is 0 Å². The predicted octanol–water partition coefficient (Wildman–Crippen LogP) is 3.37. The highest BCUT2D eigenvalue weighted by Gasteiger charge is 2.23. The van der Waals surface area contributed by atoms with Gasteiger partial charge in [-0.1, -0.05) is 6.07 Å². The molecule has 0 aliphatic carbocycles. The molecule has 0 spiro atoms. The zero-order chi connectivity index (χ0) is 15.5. The monoisotopic (exact) mass is 316 g/mol. The normalized spacial score (nSPS) is 14.4. The number of methoxy groups -OCH3 is 1. The Labute approximate surface area is 134 Å². The van der Waals surface area contributed by atoms with E-state index in [-0.39, 0.29) is 5.91 Å². The maximum absolute atomic E-state index is 12.7. The maximum atomic E-state index is 12.7. The van der Waals surface area contributed by atoms with E-state index in [1.54, 1.807) is 18.4 Å².